The number of aromatic nitrogens is 4. The van der Waals surface area contributed by atoms with Crippen LogP contribution in [0.4, 0.5) is 11.5 Å². The summed E-state index contributed by atoms with van der Waals surface area (Å²) in [6, 6.07) is 6.19. The Morgan fingerprint density at radius 2 is 2.00 bits per heavy atom. The van der Waals surface area contributed by atoms with Gasteiger partial charge in [-0.15, -0.1) is 0 Å². The molecule has 0 bridgehead atoms. The van der Waals surface area contributed by atoms with E-state index in [1.54, 1.807) is 34.8 Å². The average Bonchev–Trinajstić information content (AvgIpc) is 3.11. The summed E-state index contributed by atoms with van der Waals surface area (Å²) in [7, 11) is 0. The molecule has 3 aromatic rings. The second kappa shape index (κ2) is 10.2. The van der Waals surface area contributed by atoms with Crippen LogP contribution in [-0.2, 0) is 17.8 Å². The van der Waals surface area contributed by atoms with Gasteiger partial charge in [0, 0.05) is 24.7 Å². The summed E-state index contributed by atoms with van der Waals surface area (Å²) in [4.78, 5) is 31.7. The van der Waals surface area contributed by atoms with Crippen molar-refractivity contribution in [2.45, 2.75) is 44.9 Å². The summed E-state index contributed by atoms with van der Waals surface area (Å²) in [6.45, 7) is 6.99. The Morgan fingerprint density at radius 3 is 2.65 bits per heavy atom. The second-order valence-corrected chi connectivity index (χ2v) is 8.37. The van der Waals surface area contributed by atoms with E-state index in [-0.39, 0.29) is 24.1 Å². The molecule has 31 heavy (non-hydrogen) atoms. The van der Waals surface area contributed by atoms with Gasteiger partial charge < -0.3 is 10.6 Å². The van der Waals surface area contributed by atoms with Gasteiger partial charge in [0.1, 0.15) is 5.82 Å². The molecule has 0 saturated heterocycles. The Kier molecular flexibility index (Phi) is 7.40. The number of nitro benzene ring substituents is 1. The zero-order chi connectivity index (χ0) is 22.4. The molecule has 0 aliphatic heterocycles. The van der Waals surface area contributed by atoms with Gasteiger partial charge in [-0.1, -0.05) is 30.8 Å². The molecule has 10 nitrogen and oxygen atoms in total. The largest absolute Gasteiger partial charge is 0.367 e. The van der Waals surface area contributed by atoms with Gasteiger partial charge in [0.05, 0.1) is 29.5 Å². The van der Waals surface area contributed by atoms with Crippen molar-refractivity contribution in [3.63, 3.8) is 0 Å². The highest BCUT2D eigenvalue weighted by molar-refractivity contribution is 7.99. The summed E-state index contributed by atoms with van der Waals surface area (Å²) in [6.07, 6.45) is 1.89. The number of nitrogens with one attached hydrogen (secondary N) is 2. The van der Waals surface area contributed by atoms with E-state index >= 15 is 0 Å². The molecule has 0 atom stereocenters. The lowest BCUT2D eigenvalue weighted by molar-refractivity contribution is -0.384. The van der Waals surface area contributed by atoms with Crippen molar-refractivity contribution in [3.8, 4) is 0 Å². The van der Waals surface area contributed by atoms with Crippen LogP contribution in [0.3, 0.4) is 0 Å². The number of fused-ring (bicyclic) bond motifs is 1. The molecule has 0 saturated carbocycles. The molecule has 1 amide bonds. The molecular weight excluding hydrogens is 418 g/mol. The Bertz CT molecular complexity index is 1070. The maximum absolute atomic E-state index is 12.2. The van der Waals surface area contributed by atoms with Gasteiger partial charge in [-0.3, -0.25) is 14.9 Å². The lowest BCUT2D eigenvalue weighted by Gasteiger charge is -2.11. The molecule has 0 fully saturated rings. The molecule has 0 unspecified atom stereocenters. The van der Waals surface area contributed by atoms with Gasteiger partial charge in [-0.2, -0.15) is 5.10 Å². The Balaban J connectivity index is 1.64. The van der Waals surface area contributed by atoms with E-state index in [4.69, 9.17) is 0 Å². The number of carbonyl (C=O) groups is 1. The molecular formula is C20H25N7O3S. The number of non-ortho nitro benzene ring substituents is 1. The third kappa shape index (κ3) is 5.91. The van der Waals surface area contributed by atoms with E-state index in [1.807, 2.05) is 20.8 Å². The van der Waals surface area contributed by atoms with Crippen molar-refractivity contribution in [3.05, 3.63) is 46.1 Å². The third-order valence-corrected chi connectivity index (χ3v) is 5.06. The molecule has 11 heteroatoms. The van der Waals surface area contributed by atoms with Crippen molar-refractivity contribution in [2.24, 2.45) is 0 Å². The van der Waals surface area contributed by atoms with E-state index in [1.165, 1.54) is 12.1 Å². The van der Waals surface area contributed by atoms with Crippen molar-refractivity contribution >= 4 is 40.2 Å². The van der Waals surface area contributed by atoms with Gasteiger partial charge in [-0.25, -0.2) is 14.6 Å². The fraction of sp³-hybridized carbons (Fsp3) is 0.400. The summed E-state index contributed by atoms with van der Waals surface area (Å²) < 4.78 is 1.76. The summed E-state index contributed by atoms with van der Waals surface area (Å²) in [5.41, 5.74) is 1.44. The van der Waals surface area contributed by atoms with Crippen molar-refractivity contribution < 1.29 is 9.72 Å². The van der Waals surface area contributed by atoms with E-state index in [9.17, 15) is 14.9 Å². The number of anilines is 1. The fourth-order valence-electron chi connectivity index (χ4n) is 2.96. The van der Waals surface area contributed by atoms with Crippen molar-refractivity contribution in [1.82, 2.24) is 25.1 Å². The lowest BCUT2D eigenvalue weighted by atomic mass is 10.1. The first-order valence-electron chi connectivity index (χ1n) is 10.00. The Morgan fingerprint density at radius 1 is 1.26 bits per heavy atom. The van der Waals surface area contributed by atoms with Crippen LogP contribution in [0.25, 0.3) is 11.0 Å². The number of nitro groups is 1. The number of hydrogen-bond acceptors (Lipinski definition) is 8. The molecule has 1 aromatic carbocycles. The maximum atomic E-state index is 12.2. The first-order valence-corrected chi connectivity index (χ1v) is 11.0. The second-order valence-electron chi connectivity index (χ2n) is 7.14. The van der Waals surface area contributed by atoms with Gasteiger partial charge in [0.15, 0.2) is 10.8 Å². The number of hydrogen-bond donors (Lipinski definition) is 2. The summed E-state index contributed by atoms with van der Waals surface area (Å²) in [5.74, 6) is 1.45. The zero-order valence-corrected chi connectivity index (χ0v) is 18.5. The molecule has 2 N–H and O–H groups in total. The van der Waals surface area contributed by atoms with Crippen LogP contribution < -0.4 is 10.6 Å². The number of rotatable bonds is 10. The van der Waals surface area contributed by atoms with Crippen LogP contribution in [0, 0.1) is 10.1 Å². The normalized spacial score (nSPS) is 11.1. The molecule has 2 heterocycles. The van der Waals surface area contributed by atoms with Crippen LogP contribution in [0.15, 0.2) is 35.6 Å². The SMILES string of the molecule is CCSc1nc(NC(C)C)c2cnn(CCNC(=O)Cc3ccc([N+](=O)[O-])cc3)c2n1. The molecule has 0 radical (unpaired) electrons. The average molecular weight is 444 g/mol. The number of nitrogens with zero attached hydrogens (tertiary/aromatic N) is 5. The monoisotopic (exact) mass is 443 g/mol. The van der Waals surface area contributed by atoms with Crippen LogP contribution in [0.5, 0.6) is 0 Å². The first kappa shape index (κ1) is 22.5. The Hall–Kier alpha value is -3.21. The predicted octanol–water partition coefficient (Wildman–Crippen LogP) is 3.03. The Labute approximate surface area is 184 Å². The smallest absolute Gasteiger partial charge is 0.269 e. The maximum Gasteiger partial charge on any atom is 0.269 e. The quantitative estimate of drug-likeness (QED) is 0.212. The minimum absolute atomic E-state index is 0.00337. The van der Waals surface area contributed by atoms with Crippen LogP contribution in [0.2, 0.25) is 0 Å². The minimum Gasteiger partial charge on any atom is -0.367 e. The van der Waals surface area contributed by atoms with Crippen LogP contribution in [0.1, 0.15) is 26.3 Å². The van der Waals surface area contributed by atoms with Gasteiger partial charge >= 0.3 is 0 Å². The highest BCUT2D eigenvalue weighted by atomic mass is 32.2. The van der Waals surface area contributed by atoms with Gasteiger partial charge in [-0.05, 0) is 25.2 Å². The number of carbonyl (C=O) groups excluding carboxylic acids is 1. The van der Waals surface area contributed by atoms with Crippen molar-refractivity contribution in [2.75, 3.05) is 17.6 Å². The van der Waals surface area contributed by atoms with E-state index in [0.29, 0.717) is 23.8 Å². The molecule has 2 aromatic heterocycles. The third-order valence-electron chi connectivity index (χ3n) is 4.33. The van der Waals surface area contributed by atoms with E-state index in [2.05, 4.69) is 25.7 Å². The molecule has 0 spiro atoms. The van der Waals surface area contributed by atoms with E-state index < -0.39 is 4.92 Å². The van der Waals surface area contributed by atoms with Crippen LogP contribution in [-0.4, -0.2) is 48.9 Å². The number of benzene rings is 1. The topological polar surface area (TPSA) is 128 Å². The predicted molar refractivity (Wildman–Crippen MR) is 120 cm³/mol. The van der Waals surface area contributed by atoms with E-state index in [0.717, 1.165) is 22.6 Å². The number of amides is 1. The molecule has 3 rings (SSSR count). The standard InChI is InChI=1S/C20H25N7O3S/c1-4-31-20-24-18(23-13(2)3)16-12-22-26(19(16)25-20)10-9-21-17(28)11-14-5-7-15(8-6-14)27(29)30/h5-8,12-13H,4,9-11H2,1-3H3,(H,21,28)(H,23,24,25). The lowest BCUT2D eigenvalue weighted by Crippen LogP contribution is -2.28. The molecule has 0 aliphatic rings. The molecule has 0 aliphatic carbocycles. The van der Waals surface area contributed by atoms with Crippen LogP contribution >= 0.6 is 11.8 Å². The fourth-order valence-corrected chi connectivity index (χ4v) is 3.53. The highest BCUT2D eigenvalue weighted by Crippen LogP contribution is 2.24. The van der Waals surface area contributed by atoms with Crippen molar-refractivity contribution in [1.29, 1.82) is 0 Å². The first-order chi connectivity index (χ1) is 14.9. The minimum atomic E-state index is -0.464. The molecule has 164 valence electrons. The summed E-state index contributed by atoms with van der Waals surface area (Å²) >= 11 is 1.56. The number of thioether (sulfide) groups is 1. The zero-order valence-electron chi connectivity index (χ0n) is 17.7. The van der Waals surface area contributed by atoms with Gasteiger partial charge in [0.25, 0.3) is 5.69 Å². The highest BCUT2D eigenvalue weighted by Gasteiger charge is 2.14. The van der Waals surface area contributed by atoms with Gasteiger partial charge in [0.2, 0.25) is 5.91 Å². The summed E-state index contributed by atoms with van der Waals surface area (Å²) in [5, 5.41) is 22.9.